The lowest BCUT2D eigenvalue weighted by Crippen LogP contribution is -2.46. The second kappa shape index (κ2) is 3.18. The van der Waals surface area contributed by atoms with Crippen LogP contribution in [-0.2, 0) is 0 Å². The van der Waals surface area contributed by atoms with Crippen molar-refractivity contribution in [1.82, 2.24) is 10.7 Å². The highest BCUT2D eigenvalue weighted by molar-refractivity contribution is 5.79. The van der Waals surface area contributed by atoms with Gasteiger partial charge in [-0.15, -0.1) is 0 Å². The average molecular weight is 175 g/mol. The fraction of sp³-hybridized carbons (Fsp3) is 0. The monoisotopic (exact) mass is 175 g/mol. The zero-order valence-corrected chi connectivity index (χ0v) is 6.90. The van der Waals surface area contributed by atoms with Crippen molar-refractivity contribution in [3.05, 3.63) is 42.7 Å². The van der Waals surface area contributed by atoms with E-state index in [1.54, 1.807) is 17.4 Å². The maximum Gasteiger partial charge on any atom is 0.337 e. The Bertz CT molecular complexity index is 334. The van der Waals surface area contributed by atoms with Crippen LogP contribution in [0.4, 0.5) is 10.5 Å². The first-order chi connectivity index (χ1) is 6.36. The number of benzene rings is 1. The predicted octanol–water partition coefficient (Wildman–Crippen LogP) is 1.19. The number of para-hydroxylation sites is 1. The molecule has 1 aromatic carbocycles. The van der Waals surface area contributed by atoms with E-state index in [4.69, 9.17) is 0 Å². The minimum Gasteiger partial charge on any atom is -0.312 e. The van der Waals surface area contributed by atoms with Crippen LogP contribution in [0.25, 0.3) is 0 Å². The van der Waals surface area contributed by atoms with E-state index in [0.29, 0.717) is 0 Å². The molecule has 0 fully saturated rings. The van der Waals surface area contributed by atoms with Gasteiger partial charge in [-0.05, 0) is 12.1 Å². The van der Waals surface area contributed by atoms with Gasteiger partial charge in [0, 0.05) is 12.4 Å². The Morgan fingerprint density at radius 2 is 1.92 bits per heavy atom. The fourth-order valence-electron chi connectivity index (χ4n) is 1.11. The maximum atomic E-state index is 10.9. The summed E-state index contributed by atoms with van der Waals surface area (Å²) in [6.45, 7) is 0. The largest absolute Gasteiger partial charge is 0.337 e. The van der Waals surface area contributed by atoms with Crippen LogP contribution in [0.2, 0.25) is 0 Å². The van der Waals surface area contributed by atoms with Crippen molar-refractivity contribution in [3.8, 4) is 0 Å². The van der Waals surface area contributed by atoms with Crippen molar-refractivity contribution in [2.24, 2.45) is 0 Å². The Kier molecular flexibility index (Phi) is 1.88. The number of hydrogen-bond donors (Lipinski definition) is 2. The molecule has 13 heavy (non-hydrogen) atoms. The van der Waals surface area contributed by atoms with Crippen molar-refractivity contribution in [2.75, 3.05) is 5.01 Å². The topological polar surface area (TPSA) is 44.4 Å². The average Bonchev–Trinajstić information content (AvgIpc) is 2.19. The molecular weight excluding hydrogens is 166 g/mol. The second-order valence-corrected chi connectivity index (χ2v) is 2.61. The molecule has 0 radical (unpaired) electrons. The lowest BCUT2D eigenvalue weighted by molar-refractivity contribution is 0.243. The summed E-state index contributed by atoms with van der Waals surface area (Å²) in [5.41, 5.74) is 3.55. The molecule has 0 aromatic heterocycles. The lowest BCUT2D eigenvalue weighted by atomic mass is 10.3. The first-order valence-electron chi connectivity index (χ1n) is 3.94. The third-order valence-electron chi connectivity index (χ3n) is 1.69. The van der Waals surface area contributed by atoms with Crippen LogP contribution in [0.15, 0.2) is 42.7 Å². The molecule has 66 valence electrons. The fourth-order valence-corrected chi connectivity index (χ4v) is 1.11. The van der Waals surface area contributed by atoms with E-state index in [-0.39, 0.29) is 6.03 Å². The van der Waals surface area contributed by atoms with Crippen LogP contribution in [0.3, 0.4) is 0 Å². The Hall–Kier alpha value is -1.97. The first-order valence-corrected chi connectivity index (χ1v) is 3.94. The summed E-state index contributed by atoms with van der Waals surface area (Å²) in [5.74, 6) is 0. The number of rotatable bonds is 1. The molecule has 1 heterocycles. The molecule has 4 heteroatoms. The van der Waals surface area contributed by atoms with Crippen molar-refractivity contribution >= 4 is 11.7 Å². The number of carbonyl (C=O) groups excluding carboxylic acids is 1. The molecule has 2 rings (SSSR count). The number of urea groups is 1. The Morgan fingerprint density at radius 3 is 2.62 bits per heavy atom. The molecule has 4 nitrogen and oxygen atoms in total. The number of anilines is 1. The van der Waals surface area contributed by atoms with E-state index in [1.165, 1.54) is 0 Å². The SMILES string of the molecule is O=C1NC=CN(c2ccccc2)N1. The molecular formula is C9H9N3O. The molecule has 0 bridgehead atoms. The van der Waals surface area contributed by atoms with Gasteiger partial charge in [0.05, 0.1) is 5.69 Å². The van der Waals surface area contributed by atoms with Gasteiger partial charge in [-0.25, -0.2) is 10.2 Å². The number of amides is 2. The van der Waals surface area contributed by atoms with Gasteiger partial charge in [0.2, 0.25) is 0 Å². The van der Waals surface area contributed by atoms with E-state index in [1.807, 2.05) is 30.3 Å². The van der Waals surface area contributed by atoms with Crippen molar-refractivity contribution in [3.63, 3.8) is 0 Å². The molecule has 1 aliphatic rings. The van der Waals surface area contributed by atoms with Crippen LogP contribution >= 0.6 is 0 Å². The normalized spacial score (nSPS) is 15.1. The summed E-state index contributed by atoms with van der Waals surface area (Å²) >= 11 is 0. The summed E-state index contributed by atoms with van der Waals surface area (Å²) in [7, 11) is 0. The van der Waals surface area contributed by atoms with Crippen molar-refractivity contribution in [1.29, 1.82) is 0 Å². The van der Waals surface area contributed by atoms with E-state index >= 15 is 0 Å². The van der Waals surface area contributed by atoms with E-state index in [9.17, 15) is 4.79 Å². The molecule has 0 spiro atoms. The standard InChI is InChI=1S/C9H9N3O/c13-9-10-6-7-12(11-9)8-4-2-1-3-5-8/h1-7H,(H2,10,11,13). The maximum absolute atomic E-state index is 10.9. The van der Waals surface area contributed by atoms with Gasteiger partial charge in [0.25, 0.3) is 0 Å². The summed E-state index contributed by atoms with van der Waals surface area (Å²) in [6.07, 6.45) is 3.34. The highest BCUT2D eigenvalue weighted by Crippen LogP contribution is 2.11. The minimum absolute atomic E-state index is 0.230. The van der Waals surface area contributed by atoms with Crippen LogP contribution in [0, 0.1) is 0 Å². The summed E-state index contributed by atoms with van der Waals surface area (Å²) in [4.78, 5) is 10.9. The molecule has 0 saturated heterocycles. The van der Waals surface area contributed by atoms with Gasteiger partial charge in [0.15, 0.2) is 0 Å². The van der Waals surface area contributed by atoms with Gasteiger partial charge in [-0.1, -0.05) is 18.2 Å². The molecule has 2 amide bonds. The van der Waals surface area contributed by atoms with Crippen LogP contribution in [-0.4, -0.2) is 6.03 Å². The van der Waals surface area contributed by atoms with Crippen molar-refractivity contribution < 1.29 is 4.79 Å². The quantitative estimate of drug-likeness (QED) is 0.673. The zero-order chi connectivity index (χ0) is 9.10. The third-order valence-corrected chi connectivity index (χ3v) is 1.69. The van der Waals surface area contributed by atoms with Gasteiger partial charge < -0.3 is 5.32 Å². The molecule has 0 atom stereocenters. The smallest absolute Gasteiger partial charge is 0.312 e. The third kappa shape index (κ3) is 1.61. The minimum atomic E-state index is -0.230. The molecule has 2 N–H and O–H groups in total. The van der Waals surface area contributed by atoms with Crippen LogP contribution < -0.4 is 15.8 Å². The molecule has 0 saturated carbocycles. The number of carbonyl (C=O) groups is 1. The molecule has 0 unspecified atom stereocenters. The second-order valence-electron chi connectivity index (χ2n) is 2.61. The molecule has 0 aliphatic carbocycles. The van der Waals surface area contributed by atoms with Gasteiger partial charge in [0.1, 0.15) is 0 Å². The number of nitrogens with zero attached hydrogens (tertiary/aromatic N) is 1. The summed E-state index contributed by atoms with van der Waals surface area (Å²) in [6, 6.07) is 9.35. The highest BCUT2D eigenvalue weighted by atomic mass is 16.2. The number of hydrazine groups is 1. The van der Waals surface area contributed by atoms with Gasteiger partial charge >= 0.3 is 6.03 Å². The lowest BCUT2D eigenvalue weighted by Gasteiger charge is -2.24. The molecule has 1 aromatic rings. The van der Waals surface area contributed by atoms with Gasteiger partial charge in [-0.3, -0.25) is 5.01 Å². The van der Waals surface area contributed by atoms with E-state index in [2.05, 4.69) is 10.7 Å². The van der Waals surface area contributed by atoms with Crippen LogP contribution in [0.1, 0.15) is 0 Å². The Balaban J connectivity index is 2.22. The summed E-state index contributed by atoms with van der Waals surface area (Å²) < 4.78 is 0. The van der Waals surface area contributed by atoms with Crippen LogP contribution in [0.5, 0.6) is 0 Å². The highest BCUT2D eigenvalue weighted by Gasteiger charge is 2.09. The summed E-state index contributed by atoms with van der Waals surface area (Å²) in [5, 5.41) is 4.16. The van der Waals surface area contributed by atoms with Gasteiger partial charge in [-0.2, -0.15) is 0 Å². The number of hydrogen-bond acceptors (Lipinski definition) is 2. The molecule has 1 aliphatic heterocycles. The van der Waals surface area contributed by atoms with E-state index in [0.717, 1.165) is 5.69 Å². The first kappa shape index (κ1) is 7.67. The van der Waals surface area contributed by atoms with E-state index < -0.39 is 0 Å². The zero-order valence-electron chi connectivity index (χ0n) is 6.90. The van der Waals surface area contributed by atoms with Crippen molar-refractivity contribution in [2.45, 2.75) is 0 Å². The Morgan fingerprint density at radius 1 is 1.15 bits per heavy atom. The Labute approximate surface area is 75.8 Å². The number of nitrogens with one attached hydrogen (secondary N) is 2. The predicted molar refractivity (Wildman–Crippen MR) is 49.7 cm³/mol.